The fraction of sp³-hybridized carbons (Fsp3) is 0.143. The summed E-state index contributed by atoms with van der Waals surface area (Å²) in [5.41, 5.74) is 1.55. The molecule has 2 rings (SSSR count). The maximum absolute atomic E-state index is 10.6. The van der Waals surface area contributed by atoms with E-state index >= 15 is 0 Å². The van der Waals surface area contributed by atoms with Crippen LogP contribution < -0.4 is 4.90 Å². The van der Waals surface area contributed by atoms with Gasteiger partial charge in [0.15, 0.2) is 0 Å². The molecule has 0 amide bonds. The predicted octanol–water partition coefficient (Wildman–Crippen LogP) is 2.50. The van der Waals surface area contributed by atoms with E-state index in [-0.39, 0.29) is 5.69 Å². The largest absolute Gasteiger partial charge is 0.355 e. The Morgan fingerprint density at radius 2 is 2.20 bits per heavy atom. The molecule has 0 unspecified atom stereocenters. The number of nitro groups is 1. The van der Waals surface area contributed by atoms with Gasteiger partial charge in [0.2, 0.25) is 0 Å². The van der Waals surface area contributed by atoms with Gasteiger partial charge in [-0.05, 0) is 23.8 Å². The third kappa shape index (κ3) is 3.09. The molecule has 0 N–H and O–H groups in total. The monoisotopic (exact) mass is 268 g/mol. The van der Waals surface area contributed by atoms with Gasteiger partial charge in [0, 0.05) is 19.7 Å². The van der Waals surface area contributed by atoms with Crippen LogP contribution in [0, 0.1) is 21.4 Å². The molecule has 0 spiro atoms. The lowest BCUT2D eigenvalue weighted by Crippen LogP contribution is -2.17. The van der Waals surface area contributed by atoms with Crippen molar-refractivity contribution >= 4 is 11.5 Å². The van der Waals surface area contributed by atoms with Crippen molar-refractivity contribution in [1.82, 2.24) is 4.98 Å². The average molecular weight is 268 g/mol. The molecule has 0 saturated carbocycles. The molecule has 2 aromatic rings. The normalized spacial score (nSPS) is 9.80. The van der Waals surface area contributed by atoms with Crippen molar-refractivity contribution in [2.24, 2.45) is 0 Å². The molecule has 0 aliphatic carbocycles. The second-order valence-corrected chi connectivity index (χ2v) is 4.30. The van der Waals surface area contributed by atoms with E-state index in [1.807, 2.05) is 30.1 Å². The van der Waals surface area contributed by atoms with Crippen LogP contribution in [-0.4, -0.2) is 17.0 Å². The van der Waals surface area contributed by atoms with Crippen molar-refractivity contribution in [3.8, 4) is 6.07 Å². The first kappa shape index (κ1) is 13.5. The van der Waals surface area contributed by atoms with E-state index in [0.29, 0.717) is 17.9 Å². The number of hydrogen-bond donors (Lipinski definition) is 0. The molecule has 1 heterocycles. The van der Waals surface area contributed by atoms with E-state index in [0.717, 1.165) is 5.56 Å². The summed E-state index contributed by atoms with van der Waals surface area (Å²) in [4.78, 5) is 16.0. The van der Waals surface area contributed by atoms with E-state index < -0.39 is 4.92 Å². The predicted molar refractivity (Wildman–Crippen MR) is 74.2 cm³/mol. The molecule has 1 aromatic carbocycles. The number of nitriles is 1. The van der Waals surface area contributed by atoms with Crippen LogP contribution in [0.15, 0.2) is 42.6 Å². The number of hydrogen-bond acceptors (Lipinski definition) is 5. The summed E-state index contributed by atoms with van der Waals surface area (Å²) in [5, 5.41) is 19.4. The van der Waals surface area contributed by atoms with Crippen LogP contribution in [0.3, 0.4) is 0 Å². The molecule has 6 heteroatoms. The van der Waals surface area contributed by atoms with Crippen molar-refractivity contribution in [2.75, 3.05) is 11.9 Å². The van der Waals surface area contributed by atoms with E-state index in [2.05, 4.69) is 11.1 Å². The summed E-state index contributed by atoms with van der Waals surface area (Å²) >= 11 is 0. The Morgan fingerprint density at radius 3 is 2.80 bits per heavy atom. The maximum atomic E-state index is 10.6. The molecule has 0 atom stereocenters. The van der Waals surface area contributed by atoms with Crippen LogP contribution in [0.25, 0.3) is 0 Å². The molecule has 6 nitrogen and oxygen atoms in total. The molecule has 0 aliphatic rings. The van der Waals surface area contributed by atoms with Crippen LogP contribution in [0.2, 0.25) is 0 Å². The number of nitrogens with zero attached hydrogens (tertiary/aromatic N) is 4. The third-order valence-corrected chi connectivity index (χ3v) is 2.81. The van der Waals surface area contributed by atoms with Gasteiger partial charge in [-0.2, -0.15) is 5.26 Å². The van der Waals surface area contributed by atoms with E-state index in [1.54, 1.807) is 12.1 Å². The van der Waals surface area contributed by atoms with Crippen LogP contribution >= 0.6 is 0 Å². The molecule has 0 bridgehead atoms. The minimum atomic E-state index is -0.479. The van der Waals surface area contributed by atoms with Gasteiger partial charge in [0.1, 0.15) is 12.0 Å². The number of pyridine rings is 1. The maximum Gasteiger partial charge on any atom is 0.287 e. The molecule has 0 aliphatic heterocycles. The summed E-state index contributed by atoms with van der Waals surface area (Å²) in [6, 6.07) is 12.4. The second-order valence-electron chi connectivity index (χ2n) is 4.30. The van der Waals surface area contributed by atoms with E-state index in [4.69, 9.17) is 5.26 Å². The molecule has 0 saturated heterocycles. The van der Waals surface area contributed by atoms with Gasteiger partial charge < -0.3 is 4.90 Å². The van der Waals surface area contributed by atoms with Gasteiger partial charge in [0.25, 0.3) is 5.69 Å². The Bertz CT molecular complexity index is 662. The second kappa shape index (κ2) is 5.80. The van der Waals surface area contributed by atoms with Crippen molar-refractivity contribution in [3.63, 3.8) is 0 Å². The number of benzene rings is 1. The first-order chi connectivity index (χ1) is 9.60. The highest BCUT2D eigenvalue weighted by atomic mass is 16.6. The Balaban J connectivity index is 2.13. The summed E-state index contributed by atoms with van der Waals surface area (Å²) in [5.74, 6) is 0.637. The zero-order valence-corrected chi connectivity index (χ0v) is 10.9. The highest BCUT2D eigenvalue weighted by Crippen LogP contribution is 2.17. The van der Waals surface area contributed by atoms with Crippen LogP contribution in [0.1, 0.15) is 11.1 Å². The fourth-order valence-corrected chi connectivity index (χ4v) is 1.81. The lowest BCUT2D eigenvalue weighted by atomic mass is 10.1. The lowest BCUT2D eigenvalue weighted by Gasteiger charge is -2.17. The molecule has 0 fully saturated rings. The van der Waals surface area contributed by atoms with Crippen LogP contribution in [0.5, 0.6) is 0 Å². The Kier molecular flexibility index (Phi) is 3.91. The Labute approximate surface area is 116 Å². The van der Waals surface area contributed by atoms with E-state index in [1.165, 1.54) is 12.3 Å². The Morgan fingerprint density at radius 1 is 1.40 bits per heavy atom. The molecular weight excluding hydrogens is 256 g/mol. The van der Waals surface area contributed by atoms with Crippen molar-refractivity contribution < 1.29 is 4.92 Å². The number of anilines is 1. The van der Waals surface area contributed by atoms with Crippen LogP contribution in [-0.2, 0) is 6.54 Å². The van der Waals surface area contributed by atoms with Crippen LogP contribution in [0.4, 0.5) is 11.5 Å². The summed E-state index contributed by atoms with van der Waals surface area (Å²) in [7, 11) is 1.84. The minimum absolute atomic E-state index is 0.0337. The van der Waals surface area contributed by atoms with Crippen molar-refractivity contribution in [1.29, 1.82) is 5.26 Å². The molecule has 20 heavy (non-hydrogen) atoms. The quantitative estimate of drug-likeness (QED) is 0.628. The SMILES string of the molecule is CN(Cc1cccc(C#N)c1)c1ccc([N+](=O)[O-])cn1. The molecule has 100 valence electrons. The molecule has 0 radical (unpaired) electrons. The van der Waals surface area contributed by atoms with Crippen molar-refractivity contribution in [2.45, 2.75) is 6.54 Å². The first-order valence-corrected chi connectivity index (χ1v) is 5.91. The number of aromatic nitrogens is 1. The first-order valence-electron chi connectivity index (χ1n) is 5.91. The Hall–Kier alpha value is -2.94. The lowest BCUT2D eigenvalue weighted by molar-refractivity contribution is -0.385. The van der Waals surface area contributed by atoms with Gasteiger partial charge in [-0.15, -0.1) is 0 Å². The van der Waals surface area contributed by atoms with Gasteiger partial charge in [-0.3, -0.25) is 10.1 Å². The van der Waals surface area contributed by atoms with Crippen molar-refractivity contribution in [3.05, 3.63) is 63.8 Å². The summed E-state index contributed by atoms with van der Waals surface area (Å²) < 4.78 is 0. The van der Waals surface area contributed by atoms with E-state index in [9.17, 15) is 10.1 Å². The highest BCUT2D eigenvalue weighted by Gasteiger charge is 2.08. The standard InChI is InChI=1S/C14H12N4O2/c1-17(10-12-4-2-3-11(7-12)8-15)14-6-5-13(9-16-14)18(19)20/h2-7,9H,10H2,1H3. The summed E-state index contributed by atoms with van der Waals surface area (Å²) in [6.07, 6.45) is 1.23. The zero-order chi connectivity index (χ0) is 14.5. The molecule has 1 aromatic heterocycles. The summed E-state index contributed by atoms with van der Waals surface area (Å²) in [6.45, 7) is 0.570. The number of rotatable bonds is 4. The zero-order valence-electron chi connectivity index (χ0n) is 10.9. The smallest absolute Gasteiger partial charge is 0.287 e. The minimum Gasteiger partial charge on any atom is -0.355 e. The highest BCUT2D eigenvalue weighted by molar-refractivity contribution is 5.43. The van der Waals surface area contributed by atoms with Gasteiger partial charge in [-0.25, -0.2) is 4.98 Å². The third-order valence-electron chi connectivity index (χ3n) is 2.81. The van der Waals surface area contributed by atoms with Gasteiger partial charge >= 0.3 is 0 Å². The fourth-order valence-electron chi connectivity index (χ4n) is 1.81. The van der Waals surface area contributed by atoms with Gasteiger partial charge in [-0.1, -0.05) is 12.1 Å². The average Bonchev–Trinajstić information content (AvgIpc) is 2.47. The topological polar surface area (TPSA) is 83.1 Å². The van der Waals surface area contributed by atoms with Gasteiger partial charge in [0.05, 0.1) is 16.6 Å². The molecular formula is C14H12N4O2.